The zero-order valence-electron chi connectivity index (χ0n) is 12.4. The SMILES string of the molecule is Cc1cc(NC(=O)N2CCCN(CC(F)(F)F)CC2)ccn1. The van der Waals surface area contributed by atoms with E-state index in [1.54, 1.807) is 23.2 Å². The van der Waals surface area contributed by atoms with Gasteiger partial charge in [0, 0.05) is 43.8 Å². The molecule has 22 heavy (non-hydrogen) atoms. The number of hydrogen-bond acceptors (Lipinski definition) is 3. The average molecular weight is 316 g/mol. The van der Waals surface area contributed by atoms with Crippen LogP contribution in [0.3, 0.4) is 0 Å². The van der Waals surface area contributed by atoms with E-state index in [4.69, 9.17) is 0 Å². The summed E-state index contributed by atoms with van der Waals surface area (Å²) in [7, 11) is 0. The first kappa shape index (κ1) is 16.5. The van der Waals surface area contributed by atoms with Gasteiger partial charge < -0.3 is 10.2 Å². The summed E-state index contributed by atoms with van der Waals surface area (Å²) in [5.74, 6) is 0. The minimum absolute atomic E-state index is 0.225. The van der Waals surface area contributed by atoms with E-state index in [1.807, 2.05) is 6.92 Å². The smallest absolute Gasteiger partial charge is 0.323 e. The molecule has 1 N–H and O–H groups in total. The first-order valence-corrected chi connectivity index (χ1v) is 7.11. The summed E-state index contributed by atoms with van der Waals surface area (Å²) in [4.78, 5) is 19.1. The largest absolute Gasteiger partial charge is 0.401 e. The topological polar surface area (TPSA) is 48.5 Å². The molecule has 0 bridgehead atoms. The number of halogens is 3. The Morgan fingerprint density at radius 1 is 1.32 bits per heavy atom. The van der Waals surface area contributed by atoms with Crippen molar-refractivity contribution in [3.05, 3.63) is 24.0 Å². The molecule has 122 valence electrons. The van der Waals surface area contributed by atoms with Gasteiger partial charge in [-0.3, -0.25) is 9.88 Å². The zero-order valence-corrected chi connectivity index (χ0v) is 12.4. The van der Waals surface area contributed by atoms with Crippen LogP contribution in [0.4, 0.5) is 23.7 Å². The van der Waals surface area contributed by atoms with Gasteiger partial charge in [-0.2, -0.15) is 13.2 Å². The summed E-state index contributed by atoms with van der Waals surface area (Å²) in [5.41, 5.74) is 1.42. The zero-order chi connectivity index (χ0) is 16.2. The normalized spacial score (nSPS) is 17.2. The summed E-state index contributed by atoms with van der Waals surface area (Å²) >= 11 is 0. The molecule has 0 atom stereocenters. The van der Waals surface area contributed by atoms with E-state index in [2.05, 4.69) is 10.3 Å². The van der Waals surface area contributed by atoms with E-state index < -0.39 is 12.7 Å². The van der Waals surface area contributed by atoms with E-state index in [0.717, 1.165) is 5.69 Å². The molecule has 1 aromatic heterocycles. The third-order valence-electron chi connectivity index (χ3n) is 3.43. The third-order valence-corrected chi connectivity index (χ3v) is 3.43. The second-order valence-electron chi connectivity index (χ2n) is 5.35. The Bertz CT molecular complexity index is 521. The van der Waals surface area contributed by atoms with Crippen molar-refractivity contribution in [1.29, 1.82) is 0 Å². The number of nitrogens with one attached hydrogen (secondary N) is 1. The summed E-state index contributed by atoms with van der Waals surface area (Å²) in [5, 5.41) is 2.75. The van der Waals surface area contributed by atoms with Crippen molar-refractivity contribution < 1.29 is 18.0 Å². The number of carbonyl (C=O) groups is 1. The standard InChI is InChI=1S/C14H19F3N4O/c1-11-9-12(3-4-18-11)19-13(22)21-6-2-5-20(7-8-21)10-14(15,16)17/h3-4,9H,2,5-8,10H2,1H3,(H,18,19,22). The minimum atomic E-state index is -4.20. The molecule has 0 saturated carbocycles. The van der Waals surface area contributed by atoms with Gasteiger partial charge in [0.25, 0.3) is 0 Å². The highest BCUT2D eigenvalue weighted by Crippen LogP contribution is 2.18. The van der Waals surface area contributed by atoms with E-state index in [1.165, 1.54) is 4.90 Å². The minimum Gasteiger partial charge on any atom is -0.323 e. The Hall–Kier alpha value is -1.83. The third kappa shape index (κ3) is 5.18. The molecule has 0 radical (unpaired) electrons. The van der Waals surface area contributed by atoms with E-state index in [-0.39, 0.29) is 19.1 Å². The highest BCUT2D eigenvalue weighted by atomic mass is 19.4. The Morgan fingerprint density at radius 2 is 2.09 bits per heavy atom. The first-order chi connectivity index (χ1) is 10.3. The predicted octanol–water partition coefficient (Wildman–Crippen LogP) is 2.49. The fourth-order valence-corrected chi connectivity index (χ4v) is 2.41. The molecule has 1 aliphatic rings. The lowest BCUT2D eigenvalue weighted by Crippen LogP contribution is -2.40. The van der Waals surface area contributed by atoms with Crippen LogP contribution in [0.25, 0.3) is 0 Å². The van der Waals surface area contributed by atoms with Gasteiger partial charge in [-0.1, -0.05) is 0 Å². The number of aromatic nitrogens is 1. The molecule has 1 saturated heterocycles. The van der Waals surface area contributed by atoms with Gasteiger partial charge in [-0.15, -0.1) is 0 Å². The molecule has 1 aromatic rings. The maximum atomic E-state index is 12.4. The van der Waals surface area contributed by atoms with Crippen LogP contribution in [0.1, 0.15) is 12.1 Å². The summed E-state index contributed by atoms with van der Waals surface area (Å²) in [6, 6.07) is 3.13. The van der Waals surface area contributed by atoms with Crippen molar-refractivity contribution in [1.82, 2.24) is 14.8 Å². The number of aryl methyl sites for hydroxylation is 1. The van der Waals surface area contributed by atoms with Crippen molar-refractivity contribution in [3.8, 4) is 0 Å². The number of rotatable bonds is 2. The maximum absolute atomic E-state index is 12.4. The van der Waals surface area contributed by atoms with Crippen molar-refractivity contribution in [3.63, 3.8) is 0 Å². The summed E-state index contributed by atoms with van der Waals surface area (Å²) < 4.78 is 37.2. The lowest BCUT2D eigenvalue weighted by Gasteiger charge is -2.23. The first-order valence-electron chi connectivity index (χ1n) is 7.11. The number of nitrogens with zero attached hydrogens (tertiary/aromatic N) is 3. The summed E-state index contributed by atoms with van der Waals surface area (Å²) in [6.07, 6.45) is -2.08. The Labute approximate surface area is 127 Å². The molecule has 0 spiro atoms. The number of urea groups is 1. The molecular formula is C14H19F3N4O. The molecule has 0 unspecified atom stereocenters. The van der Waals surface area contributed by atoms with Crippen LogP contribution >= 0.6 is 0 Å². The molecule has 5 nitrogen and oxygen atoms in total. The van der Waals surface area contributed by atoms with Crippen molar-refractivity contribution >= 4 is 11.7 Å². The van der Waals surface area contributed by atoms with Crippen LogP contribution in [0.15, 0.2) is 18.3 Å². The Kier molecular flexibility index (Phi) is 5.23. The number of carbonyl (C=O) groups excluding carboxylic acids is 1. The van der Waals surface area contributed by atoms with Gasteiger partial charge in [0.2, 0.25) is 0 Å². The van der Waals surface area contributed by atoms with Gasteiger partial charge in [0.15, 0.2) is 0 Å². The van der Waals surface area contributed by atoms with E-state index in [0.29, 0.717) is 25.2 Å². The highest BCUT2D eigenvalue weighted by molar-refractivity contribution is 5.89. The van der Waals surface area contributed by atoms with E-state index >= 15 is 0 Å². The average Bonchev–Trinajstić information content (AvgIpc) is 2.62. The molecule has 2 amide bonds. The Morgan fingerprint density at radius 3 is 2.77 bits per heavy atom. The fraction of sp³-hybridized carbons (Fsp3) is 0.571. The number of amides is 2. The molecule has 1 aliphatic heterocycles. The highest BCUT2D eigenvalue weighted by Gasteiger charge is 2.31. The van der Waals surface area contributed by atoms with Crippen LogP contribution in [0.5, 0.6) is 0 Å². The predicted molar refractivity (Wildman–Crippen MR) is 76.7 cm³/mol. The van der Waals surface area contributed by atoms with Crippen LogP contribution < -0.4 is 5.32 Å². The number of hydrogen-bond donors (Lipinski definition) is 1. The molecule has 8 heteroatoms. The monoisotopic (exact) mass is 316 g/mol. The van der Waals surface area contributed by atoms with Crippen molar-refractivity contribution in [2.45, 2.75) is 19.5 Å². The van der Waals surface area contributed by atoms with Gasteiger partial charge in [-0.05, 0) is 25.5 Å². The fourth-order valence-electron chi connectivity index (χ4n) is 2.41. The van der Waals surface area contributed by atoms with Crippen LogP contribution in [-0.4, -0.2) is 59.7 Å². The van der Waals surface area contributed by atoms with Crippen LogP contribution in [0, 0.1) is 6.92 Å². The number of anilines is 1. The van der Waals surface area contributed by atoms with Gasteiger partial charge in [-0.25, -0.2) is 4.79 Å². The second kappa shape index (κ2) is 6.95. The van der Waals surface area contributed by atoms with Gasteiger partial charge in [0.1, 0.15) is 0 Å². The molecule has 1 fully saturated rings. The molecule has 0 aromatic carbocycles. The van der Waals surface area contributed by atoms with Gasteiger partial charge in [0.05, 0.1) is 6.54 Å². The quantitative estimate of drug-likeness (QED) is 0.912. The lowest BCUT2D eigenvalue weighted by molar-refractivity contribution is -0.145. The van der Waals surface area contributed by atoms with Crippen LogP contribution in [-0.2, 0) is 0 Å². The summed E-state index contributed by atoms with van der Waals surface area (Å²) in [6.45, 7) is 2.19. The molecular weight excluding hydrogens is 297 g/mol. The lowest BCUT2D eigenvalue weighted by atomic mass is 10.3. The second-order valence-corrected chi connectivity index (χ2v) is 5.35. The number of pyridine rings is 1. The van der Waals surface area contributed by atoms with Crippen molar-refractivity contribution in [2.24, 2.45) is 0 Å². The molecule has 0 aliphatic carbocycles. The Balaban J connectivity index is 1.89. The molecule has 2 rings (SSSR count). The molecule has 2 heterocycles. The van der Waals surface area contributed by atoms with Gasteiger partial charge >= 0.3 is 12.2 Å². The maximum Gasteiger partial charge on any atom is 0.401 e. The van der Waals surface area contributed by atoms with Crippen molar-refractivity contribution in [2.75, 3.05) is 38.0 Å². The number of alkyl halides is 3. The van der Waals surface area contributed by atoms with E-state index in [9.17, 15) is 18.0 Å². The van der Waals surface area contributed by atoms with Crippen LogP contribution in [0.2, 0.25) is 0 Å².